The molecule has 1 atom stereocenters. The molecule has 1 N–H and O–H groups in total. The molecule has 0 radical (unpaired) electrons. The van der Waals surface area contributed by atoms with Crippen LogP contribution in [0.4, 0.5) is 8.78 Å². The van der Waals surface area contributed by atoms with Gasteiger partial charge in [0.1, 0.15) is 17.5 Å². The largest absolute Gasteiger partial charge is 0.352 e. The number of benzene rings is 1. The van der Waals surface area contributed by atoms with Gasteiger partial charge in [0.15, 0.2) is 0 Å². The van der Waals surface area contributed by atoms with Crippen molar-refractivity contribution in [1.29, 1.82) is 0 Å². The van der Waals surface area contributed by atoms with Gasteiger partial charge >= 0.3 is 5.69 Å². The highest BCUT2D eigenvalue weighted by Crippen LogP contribution is 2.71. The Morgan fingerprint density at radius 2 is 1.97 bits per heavy atom. The van der Waals surface area contributed by atoms with Crippen molar-refractivity contribution >= 4 is 17.2 Å². The minimum absolute atomic E-state index is 0.0356. The van der Waals surface area contributed by atoms with Crippen LogP contribution in [-0.2, 0) is 23.3 Å². The second-order valence-corrected chi connectivity index (χ2v) is 9.87. The average molecular weight is 442 g/mol. The summed E-state index contributed by atoms with van der Waals surface area (Å²) >= 11 is 1.60. The number of nitrogens with zero attached hydrogens (tertiary/aromatic N) is 3. The molecule has 4 aliphatic rings. The van der Waals surface area contributed by atoms with E-state index in [1.54, 1.807) is 15.9 Å². The fourth-order valence-corrected chi connectivity index (χ4v) is 6.32. The maximum atomic E-state index is 13.7. The number of halogens is 2. The number of thiophene rings is 1. The SMILES string of the molecule is O=C(NCc1ccsc1)C12CC(n3nc4n(c3=O)[C@H](c3cc(F)cc(F)c3)CC4)(C1)C2. The van der Waals surface area contributed by atoms with Crippen molar-refractivity contribution in [3.05, 3.63) is 74.1 Å². The summed E-state index contributed by atoms with van der Waals surface area (Å²) in [5.41, 5.74) is 0.454. The maximum absolute atomic E-state index is 13.7. The minimum atomic E-state index is -0.654. The van der Waals surface area contributed by atoms with Crippen LogP contribution in [0.2, 0.25) is 0 Å². The van der Waals surface area contributed by atoms with Crippen LogP contribution in [0.25, 0.3) is 0 Å². The highest BCUT2D eigenvalue weighted by Gasteiger charge is 2.73. The smallest absolute Gasteiger partial charge is 0.347 e. The highest BCUT2D eigenvalue weighted by atomic mass is 32.1. The Bertz CT molecular complexity index is 1220. The van der Waals surface area contributed by atoms with Crippen molar-refractivity contribution in [2.75, 3.05) is 0 Å². The predicted molar refractivity (Wildman–Crippen MR) is 110 cm³/mol. The van der Waals surface area contributed by atoms with Gasteiger partial charge in [0.2, 0.25) is 5.91 Å². The van der Waals surface area contributed by atoms with Gasteiger partial charge in [-0.3, -0.25) is 9.36 Å². The van der Waals surface area contributed by atoms with Crippen LogP contribution < -0.4 is 11.0 Å². The van der Waals surface area contributed by atoms with Gasteiger partial charge in [-0.15, -0.1) is 0 Å². The summed E-state index contributed by atoms with van der Waals surface area (Å²) in [6, 6.07) is 4.95. The number of rotatable bonds is 5. The van der Waals surface area contributed by atoms with Crippen LogP contribution >= 0.6 is 11.3 Å². The van der Waals surface area contributed by atoms with Crippen molar-refractivity contribution in [2.24, 2.45) is 5.41 Å². The first-order chi connectivity index (χ1) is 14.9. The van der Waals surface area contributed by atoms with E-state index in [0.29, 0.717) is 50.0 Å². The molecule has 0 spiro atoms. The number of carbonyl (C=O) groups is 1. The molecule has 31 heavy (non-hydrogen) atoms. The molecule has 2 bridgehead atoms. The summed E-state index contributed by atoms with van der Waals surface area (Å²) in [6.45, 7) is 0.516. The molecule has 1 amide bonds. The molecule has 0 saturated heterocycles. The van der Waals surface area contributed by atoms with E-state index in [4.69, 9.17) is 0 Å². The van der Waals surface area contributed by atoms with Gasteiger partial charge in [-0.25, -0.2) is 18.3 Å². The van der Waals surface area contributed by atoms with Crippen LogP contribution in [0.15, 0.2) is 39.8 Å². The highest BCUT2D eigenvalue weighted by molar-refractivity contribution is 7.07. The van der Waals surface area contributed by atoms with E-state index in [-0.39, 0.29) is 11.6 Å². The van der Waals surface area contributed by atoms with E-state index in [2.05, 4.69) is 10.4 Å². The molecule has 3 aromatic rings. The fraction of sp³-hybridized carbons (Fsp3) is 0.409. The lowest BCUT2D eigenvalue weighted by Gasteiger charge is -2.68. The zero-order valence-corrected chi connectivity index (χ0v) is 17.4. The van der Waals surface area contributed by atoms with E-state index in [9.17, 15) is 18.4 Å². The quantitative estimate of drug-likeness (QED) is 0.660. The first kappa shape index (κ1) is 18.9. The first-order valence-corrected chi connectivity index (χ1v) is 11.3. The summed E-state index contributed by atoms with van der Waals surface area (Å²) in [5.74, 6) is -0.633. The van der Waals surface area contributed by atoms with Gasteiger partial charge in [0, 0.05) is 19.0 Å². The second-order valence-electron chi connectivity index (χ2n) is 9.09. The zero-order valence-electron chi connectivity index (χ0n) is 16.6. The number of hydrogen-bond acceptors (Lipinski definition) is 4. The molecule has 3 fully saturated rings. The molecule has 2 aromatic heterocycles. The summed E-state index contributed by atoms with van der Waals surface area (Å²) in [5, 5.41) is 11.6. The molecule has 160 valence electrons. The third-order valence-corrected chi connectivity index (χ3v) is 7.80. The molecule has 0 unspecified atom stereocenters. The Morgan fingerprint density at radius 1 is 1.23 bits per heavy atom. The lowest BCUT2D eigenvalue weighted by Crippen LogP contribution is -2.74. The zero-order chi connectivity index (χ0) is 21.4. The standard InChI is InChI=1S/C22H20F2N4O2S/c23-15-5-14(6-16(24)7-15)17-1-2-18-26-28(20(30)27(17)18)22-10-21(11-22,12-22)19(29)25-8-13-3-4-31-9-13/h3-7,9,17H,1-2,8,10-12H2,(H,25,29)/t17-,21?,22?/m0/s1. The van der Waals surface area contributed by atoms with Crippen LogP contribution in [0.5, 0.6) is 0 Å². The molecular formula is C22H20F2N4O2S. The molecule has 1 aromatic carbocycles. The Labute approximate surface area is 180 Å². The fourth-order valence-electron chi connectivity index (χ4n) is 5.65. The maximum Gasteiger partial charge on any atom is 0.347 e. The van der Waals surface area contributed by atoms with E-state index in [1.165, 1.54) is 16.8 Å². The van der Waals surface area contributed by atoms with Crippen molar-refractivity contribution in [3.8, 4) is 0 Å². The minimum Gasteiger partial charge on any atom is -0.352 e. The van der Waals surface area contributed by atoms with E-state index >= 15 is 0 Å². The number of carbonyl (C=O) groups excluding carboxylic acids is 1. The number of aromatic nitrogens is 3. The normalized spacial score (nSPS) is 28.0. The van der Waals surface area contributed by atoms with Crippen LogP contribution in [-0.4, -0.2) is 20.3 Å². The molecule has 3 saturated carbocycles. The Morgan fingerprint density at radius 3 is 2.65 bits per heavy atom. The van der Waals surface area contributed by atoms with Gasteiger partial charge < -0.3 is 5.32 Å². The Kier molecular flexibility index (Phi) is 3.88. The molecular weight excluding hydrogens is 422 g/mol. The van der Waals surface area contributed by atoms with E-state index in [0.717, 1.165) is 11.6 Å². The van der Waals surface area contributed by atoms with Gasteiger partial charge in [0.05, 0.1) is 17.0 Å². The van der Waals surface area contributed by atoms with Crippen LogP contribution in [0.3, 0.4) is 0 Å². The van der Waals surface area contributed by atoms with Crippen molar-refractivity contribution in [2.45, 2.75) is 50.2 Å². The average Bonchev–Trinajstić information content (AvgIpc) is 3.37. The predicted octanol–water partition coefficient (Wildman–Crippen LogP) is 3.12. The van der Waals surface area contributed by atoms with E-state index < -0.39 is 28.6 Å². The Balaban J connectivity index is 1.21. The summed E-state index contributed by atoms with van der Waals surface area (Å²) < 4.78 is 30.5. The molecule has 3 aliphatic carbocycles. The van der Waals surface area contributed by atoms with Crippen LogP contribution in [0.1, 0.15) is 48.7 Å². The lowest BCUT2D eigenvalue weighted by atomic mass is 9.39. The van der Waals surface area contributed by atoms with E-state index in [1.807, 2.05) is 16.8 Å². The third-order valence-electron chi connectivity index (χ3n) is 7.07. The number of hydrogen-bond donors (Lipinski definition) is 1. The molecule has 6 nitrogen and oxygen atoms in total. The second kappa shape index (κ2) is 6.35. The molecule has 1 aliphatic heterocycles. The monoisotopic (exact) mass is 442 g/mol. The van der Waals surface area contributed by atoms with Crippen molar-refractivity contribution in [3.63, 3.8) is 0 Å². The number of aryl methyl sites for hydroxylation is 1. The van der Waals surface area contributed by atoms with Crippen molar-refractivity contribution < 1.29 is 13.6 Å². The van der Waals surface area contributed by atoms with Crippen molar-refractivity contribution in [1.82, 2.24) is 19.7 Å². The lowest BCUT2D eigenvalue weighted by molar-refractivity contribution is -0.202. The third kappa shape index (κ3) is 2.68. The summed E-state index contributed by atoms with van der Waals surface area (Å²) in [6.07, 6.45) is 2.97. The first-order valence-electron chi connectivity index (χ1n) is 10.4. The van der Waals surface area contributed by atoms with Gasteiger partial charge in [-0.2, -0.15) is 16.4 Å². The topological polar surface area (TPSA) is 68.9 Å². The molecule has 7 rings (SSSR count). The summed E-state index contributed by atoms with van der Waals surface area (Å²) in [7, 11) is 0. The molecule has 9 heteroatoms. The Hall–Kier alpha value is -2.81. The number of nitrogens with one attached hydrogen (secondary N) is 1. The number of fused-ring (bicyclic) bond motifs is 1. The van der Waals surface area contributed by atoms with Gasteiger partial charge in [-0.05, 0) is 65.8 Å². The number of amides is 1. The molecule has 3 heterocycles. The van der Waals surface area contributed by atoms with Crippen LogP contribution in [0, 0.1) is 17.0 Å². The van der Waals surface area contributed by atoms with Gasteiger partial charge in [-0.1, -0.05) is 0 Å². The van der Waals surface area contributed by atoms with Gasteiger partial charge in [0.25, 0.3) is 0 Å². The summed E-state index contributed by atoms with van der Waals surface area (Å²) in [4.78, 5) is 25.9.